The Labute approximate surface area is 111 Å². The first-order valence-corrected chi connectivity index (χ1v) is 6.60. The third-order valence-corrected chi connectivity index (χ3v) is 3.93. The van der Waals surface area contributed by atoms with Crippen molar-refractivity contribution in [3.8, 4) is 0 Å². The van der Waals surface area contributed by atoms with E-state index < -0.39 is 0 Å². The topological polar surface area (TPSA) is 44.9 Å². The van der Waals surface area contributed by atoms with Gasteiger partial charge >= 0.3 is 0 Å². The van der Waals surface area contributed by atoms with Gasteiger partial charge in [-0.25, -0.2) is 0 Å². The van der Waals surface area contributed by atoms with Crippen LogP contribution in [0, 0.1) is 5.41 Å². The first-order chi connectivity index (χ1) is 8.57. The van der Waals surface area contributed by atoms with Gasteiger partial charge in [0.2, 0.25) is 5.91 Å². The van der Waals surface area contributed by atoms with Crippen molar-refractivity contribution in [2.24, 2.45) is 5.41 Å². The van der Waals surface area contributed by atoms with Crippen LogP contribution in [-0.2, 0) is 11.3 Å². The van der Waals surface area contributed by atoms with E-state index in [1.54, 1.807) is 0 Å². The van der Waals surface area contributed by atoms with Crippen LogP contribution in [0.3, 0.4) is 0 Å². The van der Waals surface area contributed by atoms with Crippen molar-refractivity contribution in [1.29, 1.82) is 0 Å². The quantitative estimate of drug-likeness (QED) is 0.730. The van der Waals surface area contributed by atoms with Crippen molar-refractivity contribution in [2.75, 3.05) is 0 Å². The molecule has 0 saturated heterocycles. The highest BCUT2D eigenvalue weighted by atomic mass is 32.1. The Morgan fingerprint density at radius 1 is 1.44 bits per heavy atom. The molecule has 1 aromatic carbocycles. The summed E-state index contributed by atoms with van der Waals surface area (Å²) in [5.74, 6) is 0.163. The Morgan fingerprint density at radius 2 is 2.22 bits per heavy atom. The standard InChI is InChI=1S/C14H16N2OS/c1-14(4-5-14)13(17)15-8-10-6-9-2-3-11(18)7-12(9)16-10/h2-3,6-7,16,18H,4-5,8H2,1H3,(H,15,17). The number of carbonyl (C=O) groups excluding carboxylic acids is 1. The number of hydrogen-bond acceptors (Lipinski definition) is 2. The molecule has 1 aromatic heterocycles. The largest absolute Gasteiger partial charge is 0.357 e. The summed E-state index contributed by atoms with van der Waals surface area (Å²) in [5, 5.41) is 4.14. The summed E-state index contributed by atoms with van der Waals surface area (Å²) in [7, 11) is 0. The number of benzene rings is 1. The van der Waals surface area contributed by atoms with Gasteiger partial charge in [0.1, 0.15) is 0 Å². The zero-order valence-electron chi connectivity index (χ0n) is 10.3. The van der Waals surface area contributed by atoms with Crippen LogP contribution in [0.15, 0.2) is 29.2 Å². The van der Waals surface area contributed by atoms with Gasteiger partial charge in [0.15, 0.2) is 0 Å². The third-order valence-electron chi connectivity index (χ3n) is 3.65. The number of H-pyrrole nitrogens is 1. The molecule has 3 nitrogen and oxygen atoms in total. The fourth-order valence-corrected chi connectivity index (χ4v) is 2.28. The molecule has 0 atom stereocenters. The van der Waals surface area contributed by atoms with Crippen molar-refractivity contribution in [2.45, 2.75) is 31.2 Å². The molecule has 4 heteroatoms. The zero-order chi connectivity index (χ0) is 12.8. The molecule has 1 aliphatic rings. The number of carbonyl (C=O) groups is 1. The average Bonchev–Trinajstić information content (AvgIpc) is 2.96. The molecular weight excluding hydrogens is 244 g/mol. The maximum Gasteiger partial charge on any atom is 0.226 e. The van der Waals surface area contributed by atoms with Gasteiger partial charge in [-0.15, -0.1) is 12.6 Å². The zero-order valence-corrected chi connectivity index (χ0v) is 11.2. The fraction of sp³-hybridized carbons (Fsp3) is 0.357. The van der Waals surface area contributed by atoms with Crippen LogP contribution in [-0.4, -0.2) is 10.9 Å². The Morgan fingerprint density at radius 3 is 2.94 bits per heavy atom. The Kier molecular flexibility index (Phi) is 2.63. The van der Waals surface area contributed by atoms with Crippen LogP contribution >= 0.6 is 12.6 Å². The molecule has 2 aromatic rings. The molecule has 0 spiro atoms. The molecule has 0 radical (unpaired) electrons. The summed E-state index contributed by atoms with van der Waals surface area (Å²) in [6, 6.07) is 8.05. The minimum atomic E-state index is -0.107. The first-order valence-electron chi connectivity index (χ1n) is 6.16. The molecule has 0 unspecified atom stereocenters. The normalized spacial score (nSPS) is 16.8. The Balaban J connectivity index is 1.73. The van der Waals surface area contributed by atoms with E-state index in [1.165, 1.54) is 0 Å². The van der Waals surface area contributed by atoms with Crippen molar-refractivity contribution in [3.63, 3.8) is 0 Å². The van der Waals surface area contributed by atoms with Crippen LogP contribution < -0.4 is 5.32 Å². The molecule has 2 N–H and O–H groups in total. The maximum absolute atomic E-state index is 11.8. The van der Waals surface area contributed by atoms with Gasteiger partial charge in [-0.05, 0) is 36.4 Å². The van der Waals surface area contributed by atoms with E-state index in [2.05, 4.69) is 29.0 Å². The van der Waals surface area contributed by atoms with E-state index in [4.69, 9.17) is 0 Å². The smallest absolute Gasteiger partial charge is 0.226 e. The fourth-order valence-electron chi connectivity index (χ4n) is 2.07. The Hall–Kier alpha value is -1.42. The van der Waals surface area contributed by atoms with E-state index >= 15 is 0 Å². The van der Waals surface area contributed by atoms with Gasteiger partial charge in [0.05, 0.1) is 6.54 Å². The lowest BCUT2D eigenvalue weighted by atomic mass is 10.1. The highest BCUT2D eigenvalue weighted by Crippen LogP contribution is 2.45. The number of amides is 1. The van der Waals surface area contributed by atoms with Gasteiger partial charge in [0, 0.05) is 21.5 Å². The van der Waals surface area contributed by atoms with Gasteiger partial charge in [0.25, 0.3) is 0 Å². The number of aromatic amines is 1. The first kappa shape index (κ1) is 11.7. The number of aromatic nitrogens is 1. The van der Waals surface area contributed by atoms with Crippen molar-refractivity contribution < 1.29 is 4.79 Å². The van der Waals surface area contributed by atoms with Crippen molar-refractivity contribution in [3.05, 3.63) is 30.0 Å². The van der Waals surface area contributed by atoms with E-state index in [-0.39, 0.29) is 11.3 Å². The average molecular weight is 260 g/mol. The SMILES string of the molecule is CC1(C(=O)NCc2cc3ccc(S)cc3[nH]2)CC1. The lowest BCUT2D eigenvalue weighted by Gasteiger charge is -2.08. The number of hydrogen-bond donors (Lipinski definition) is 3. The molecule has 1 heterocycles. The van der Waals surface area contributed by atoms with Gasteiger partial charge in [-0.3, -0.25) is 4.79 Å². The second kappa shape index (κ2) is 4.05. The summed E-state index contributed by atoms with van der Waals surface area (Å²) >= 11 is 4.31. The molecule has 1 fully saturated rings. The highest BCUT2D eigenvalue weighted by Gasteiger charge is 2.44. The molecular formula is C14H16N2OS. The number of nitrogens with one attached hydrogen (secondary N) is 2. The van der Waals surface area contributed by atoms with Crippen LogP contribution in [0.1, 0.15) is 25.5 Å². The predicted molar refractivity (Wildman–Crippen MR) is 74.7 cm³/mol. The van der Waals surface area contributed by atoms with Crippen LogP contribution in [0.25, 0.3) is 10.9 Å². The van der Waals surface area contributed by atoms with Crippen molar-refractivity contribution in [1.82, 2.24) is 10.3 Å². The van der Waals surface area contributed by atoms with E-state index in [0.29, 0.717) is 6.54 Å². The molecule has 1 aliphatic carbocycles. The van der Waals surface area contributed by atoms with Crippen molar-refractivity contribution >= 4 is 29.4 Å². The number of thiol groups is 1. The Bertz CT molecular complexity index is 613. The van der Waals surface area contributed by atoms with E-state index in [1.807, 2.05) is 25.1 Å². The van der Waals surface area contributed by atoms with Crippen LogP contribution in [0.2, 0.25) is 0 Å². The maximum atomic E-state index is 11.8. The third kappa shape index (κ3) is 2.12. The molecule has 1 amide bonds. The summed E-state index contributed by atoms with van der Waals surface area (Å²) in [4.78, 5) is 16.1. The van der Waals surface area contributed by atoms with Gasteiger partial charge < -0.3 is 10.3 Å². The lowest BCUT2D eigenvalue weighted by molar-refractivity contribution is -0.125. The molecule has 0 bridgehead atoms. The monoisotopic (exact) mass is 260 g/mol. The minimum Gasteiger partial charge on any atom is -0.357 e. The predicted octanol–water partition coefficient (Wildman–Crippen LogP) is 2.87. The second-order valence-corrected chi connectivity index (χ2v) is 5.83. The van der Waals surface area contributed by atoms with Crippen LogP contribution in [0.4, 0.5) is 0 Å². The molecule has 94 valence electrons. The van der Waals surface area contributed by atoms with E-state index in [0.717, 1.165) is 34.3 Å². The van der Waals surface area contributed by atoms with Crippen LogP contribution in [0.5, 0.6) is 0 Å². The summed E-state index contributed by atoms with van der Waals surface area (Å²) < 4.78 is 0. The lowest BCUT2D eigenvalue weighted by Crippen LogP contribution is -2.29. The number of rotatable bonds is 3. The molecule has 18 heavy (non-hydrogen) atoms. The van der Waals surface area contributed by atoms with E-state index in [9.17, 15) is 4.79 Å². The second-order valence-electron chi connectivity index (χ2n) is 5.31. The highest BCUT2D eigenvalue weighted by molar-refractivity contribution is 7.80. The number of fused-ring (bicyclic) bond motifs is 1. The summed E-state index contributed by atoms with van der Waals surface area (Å²) in [6.07, 6.45) is 2.02. The summed E-state index contributed by atoms with van der Waals surface area (Å²) in [6.45, 7) is 2.58. The minimum absolute atomic E-state index is 0.107. The van der Waals surface area contributed by atoms with Gasteiger partial charge in [-0.2, -0.15) is 0 Å². The molecule has 0 aliphatic heterocycles. The summed E-state index contributed by atoms with van der Waals surface area (Å²) in [5.41, 5.74) is 1.98. The van der Waals surface area contributed by atoms with Gasteiger partial charge in [-0.1, -0.05) is 13.0 Å². The molecule has 1 saturated carbocycles. The molecule has 3 rings (SSSR count).